The quantitative estimate of drug-likeness (QED) is 0.348. The van der Waals surface area contributed by atoms with Crippen molar-refractivity contribution in [2.45, 2.75) is 116 Å². The van der Waals surface area contributed by atoms with Crippen LogP contribution in [0.2, 0.25) is 0 Å². The van der Waals surface area contributed by atoms with Crippen LogP contribution in [0.3, 0.4) is 0 Å². The van der Waals surface area contributed by atoms with Crippen LogP contribution in [0.25, 0.3) is 0 Å². The highest BCUT2D eigenvalue weighted by Crippen LogP contribution is 2.69. The summed E-state index contributed by atoms with van der Waals surface area (Å²) >= 11 is 13.3. The van der Waals surface area contributed by atoms with E-state index in [4.69, 9.17) is 23.2 Å². The van der Waals surface area contributed by atoms with Crippen LogP contribution in [-0.4, -0.2) is 10.8 Å². The van der Waals surface area contributed by atoms with E-state index in [9.17, 15) is 5.26 Å². The summed E-state index contributed by atoms with van der Waals surface area (Å²) in [6.45, 7) is 12.5. The third-order valence-electron chi connectivity index (χ3n) is 11.4. The Kier molecular flexibility index (Phi) is 7.56. The Bertz CT molecular complexity index is 700. The maximum absolute atomic E-state index is 9.51. The van der Waals surface area contributed by atoms with Crippen molar-refractivity contribution in [3.8, 4) is 6.07 Å². The van der Waals surface area contributed by atoms with Gasteiger partial charge in [0.1, 0.15) is 5.38 Å². The second-order valence-corrected chi connectivity index (χ2v) is 14.4. The van der Waals surface area contributed by atoms with E-state index in [0.29, 0.717) is 10.8 Å². The van der Waals surface area contributed by atoms with Crippen LogP contribution in [0, 0.1) is 69.5 Å². The Morgan fingerprint density at radius 1 is 0.969 bits per heavy atom. The van der Waals surface area contributed by atoms with Crippen molar-refractivity contribution in [2.24, 2.45) is 58.2 Å². The molecule has 0 N–H and O–H groups in total. The molecule has 0 aromatic heterocycles. The van der Waals surface area contributed by atoms with E-state index in [1.54, 1.807) is 0 Å². The van der Waals surface area contributed by atoms with E-state index in [-0.39, 0.29) is 11.3 Å². The minimum Gasteiger partial charge on any atom is -0.197 e. The molecule has 0 bridgehead atoms. The van der Waals surface area contributed by atoms with Crippen molar-refractivity contribution >= 4 is 23.2 Å². The van der Waals surface area contributed by atoms with Crippen molar-refractivity contribution in [3.63, 3.8) is 0 Å². The molecule has 3 heteroatoms. The summed E-state index contributed by atoms with van der Waals surface area (Å²) in [7, 11) is 0. The van der Waals surface area contributed by atoms with Gasteiger partial charge in [0.2, 0.25) is 0 Å². The molecule has 0 unspecified atom stereocenters. The summed E-state index contributed by atoms with van der Waals surface area (Å²) < 4.78 is 0. The molecule has 182 valence electrons. The zero-order chi connectivity index (χ0) is 23.3. The SMILES string of the molecule is CC(C)CCC[C@@H](C)[C@H]1CC[C@H]2[C@@H]3CC[C@H]4C[C@H](Cl)[C@H]([C@@H](Cl)C#N)C[C@]4(C)[C@H]3CC[C@]12C. The van der Waals surface area contributed by atoms with Gasteiger partial charge in [0.15, 0.2) is 0 Å². The van der Waals surface area contributed by atoms with E-state index < -0.39 is 5.38 Å². The first-order valence-electron chi connectivity index (χ1n) is 13.8. The summed E-state index contributed by atoms with van der Waals surface area (Å²) in [5, 5.41) is 9.14. The highest BCUT2D eigenvalue weighted by atomic mass is 35.5. The lowest BCUT2D eigenvalue weighted by Crippen LogP contribution is -2.56. The van der Waals surface area contributed by atoms with Gasteiger partial charge in [-0.3, -0.25) is 0 Å². The fourth-order valence-corrected chi connectivity index (χ4v) is 10.5. The van der Waals surface area contributed by atoms with Crippen molar-refractivity contribution in [1.29, 1.82) is 5.26 Å². The Balaban J connectivity index is 1.50. The third kappa shape index (κ3) is 4.28. The summed E-state index contributed by atoms with van der Waals surface area (Å²) in [6, 6.07) is 2.32. The maximum atomic E-state index is 9.51. The van der Waals surface area contributed by atoms with Crippen LogP contribution in [-0.2, 0) is 0 Å². The van der Waals surface area contributed by atoms with E-state index in [0.717, 1.165) is 54.3 Å². The first-order chi connectivity index (χ1) is 15.1. The molecule has 4 aliphatic rings. The smallest absolute Gasteiger partial charge is 0.124 e. The number of hydrogen-bond acceptors (Lipinski definition) is 1. The summed E-state index contributed by atoms with van der Waals surface area (Å²) in [6.07, 6.45) is 14.8. The molecule has 32 heavy (non-hydrogen) atoms. The molecule has 0 radical (unpaired) electrons. The standard InChI is InChI=1S/C29H47Cl2N/c1-18(2)7-6-8-19(3)23-11-12-24-21-10-9-20-15-26(30)22(27(31)17-32)16-29(20,5)25(21)13-14-28(23,24)4/h18-27H,6-16H2,1-5H3/t19-,20+,21+,22-,23-,24+,25+,26+,27+,28-,29+/m1/s1. The maximum Gasteiger partial charge on any atom is 0.124 e. The van der Waals surface area contributed by atoms with Gasteiger partial charge >= 0.3 is 0 Å². The van der Waals surface area contributed by atoms with Gasteiger partial charge in [-0.2, -0.15) is 5.26 Å². The van der Waals surface area contributed by atoms with E-state index in [1.165, 1.54) is 57.8 Å². The fourth-order valence-electron chi connectivity index (χ4n) is 9.73. The average molecular weight is 481 g/mol. The van der Waals surface area contributed by atoms with Gasteiger partial charge in [-0.05, 0) is 104 Å². The lowest BCUT2D eigenvalue weighted by Gasteiger charge is -2.62. The van der Waals surface area contributed by atoms with Crippen molar-refractivity contribution in [3.05, 3.63) is 0 Å². The minimum atomic E-state index is -0.438. The second kappa shape index (κ2) is 9.61. The van der Waals surface area contributed by atoms with Gasteiger partial charge in [-0.15, -0.1) is 23.2 Å². The molecule has 0 heterocycles. The van der Waals surface area contributed by atoms with Gasteiger partial charge in [0, 0.05) is 11.3 Å². The molecule has 4 aliphatic carbocycles. The predicted octanol–water partition coefficient (Wildman–Crippen LogP) is 9.07. The predicted molar refractivity (Wildman–Crippen MR) is 137 cm³/mol. The van der Waals surface area contributed by atoms with Gasteiger partial charge in [-0.1, -0.05) is 53.9 Å². The van der Waals surface area contributed by atoms with E-state index >= 15 is 0 Å². The first kappa shape index (κ1) is 25.2. The molecule has 0 aromatic carbocycles. The molecule has 0 aromatic rings. The van der Waals surface area contributed by atoms with Gasteiger partial charge in [0.05, 0.1) is 6.07 Å². The number of hydrogen-bond donors (Lipinski definition) is 0. The van der Waals surface area contributed by atoms with Crippen LogP contribution in [0.15, 0.2) is 0 Å². The van der Waals surface area contributed by atoms with Crippen LogP contribution in [0.1, 0.15) is 105 Å². The van der Waals surface area contributed by atoms with Gasteiger partial charge < -0.3 is 0 Å². The molecule has 0 spiro atoms. The summed E-state index contributed by atoms with van der Waals surface area (Å²) in [4.78, 5) is 0. The van der Waals surface area contributed by atoms with Crippen LogP contribution in [0.5, 0.6) is 0 Å². The molecule has 0 amide bonds. The largest absolute Gasteiger partial charge is 0.197 e. The molecule has 1 nitrogen and oxygen atoms in total. The Morgan fingerprint density at radius 3 is 2.38 bits per heavy atom. The number of nitriles is 1. The molecule has 0 saturated heterocycles. The van der Waals surface area contributed by atoms with Crippen molar-refractivity contribution in [1.82, 2.24) is 0 Å². The Labute approximate surface area is 208 Å². The van der Waals surface area contributed by atoms with Crippen LogP contribution < -0.4 is 0 Å². The highest BCUT2D eigenvalue weighted by molar-refractivity contribution is 6.25. The molecular formula is C29H47Cl2N. The lowest BCUT2D eigenvalue weighted by molar-refractivity contribution is -0.121. The van der Waals surface area contributed by atoms with Crippen molar-refractivity contribution < 1.29 is 0 Å². The van der Waals surface area contributed by atoms with Crippen LogP contribution >= 0.6 is 23.2 Å². The zero-order valence-corrected chi connectivity index (χ0v) is 22.8. The van der Waals surface area contributed by atoms with Crippen LogP contribution in [0.4, 0.5) is 0 Å². The third-order valence-corrected chi connectivity index (χ3v) is 12.3. The average Bonchev–Trinajstić information content (AvgIpc) is 3.10. The highest BCUT2D eigenvalue weighted by Gasteiger charge is 2.61. The topological polar surface area (TPSA) is 23.8 Å². The Morgan fingerprint density at radius 2 is 1.69 bits per heavy atom. The number of rotatable bonds is 6. The molecule has 11 atom stereocenters. The summed E-state index contributed by atoms with van der Waals surface area (Å²) in [5.74, 6) is 6.09. The molecule has 4 fully saturated rings. The van der Waals surface area contributed by atoms with Gasteiger partial charge in [-0.25, -0.2) is 0 Å². The normalized spacial score (nSPS) is 47.8. The fraction of sp³-hybridized carbons (Fsp3) is 0.966. The number of halogens is 2. The number of fused-ring (bicyclic) bond motifs is 5. The number of alkyl halides is 2. The van der Waals surface area contributed by atoms with E-state index in [1.807, 2.05) is 0 Å². The zero-order valence-electron chi connectivity index (χ0n) is 21.3. The second-order valence-electron chi connectivity index (χ2n) is 13.3. The minimum absolute atomic E-state index is 0.0724. The lowest BCUT2D eigenvalue weighted by atomic mass is 9.43. The monoisotopic (exact) mass is 479 g/mol. The summed E-state index contributed by atoms with van der Waals surface area (Å²) in [5.41, 5.74) is 0.873. The molecule has 4 saturated carbocycles. The molecular weight excluding hydrogens is 433 g/mol. The van der Waals surface area contributed by atoms with Gasteiger partial charge in [0.25, 0.3) is 0 Å². The Hall–Kier alpha value is 0.0700. The number of nitrogens with zero attached hydrogens (tertiary/aromatic N) is 1. The molecule has 0 aliphatic heterocycles. The van der Waals surface area contributed by atoms with Crippen molar-refractivity contribution in [2.75, 3.05) is 0 Å². The molecule has 4 rings (SSSR count). The van der Waals surface area contributed by atoms with E-state index in [2.05, 4.69) is 40.7 Å². The first-order valence-corrected chi connectivity index (χ1v) is 14.7.